The fraction of sp³-hybridized carbons (Fsp3) is 0.667. The minimum Gasteiger partial charge on any atom is -0.297 e. The molecule has 1 unspecified atom stereocenters. The van der Waals surface area contributed by atoms with Gasteiger partial charge in [-0.15, -0.1) is 0 Å². The van der Waals surface area contributed by atoms with Gasteiger partial charge in [0.05, 0.1) is 5.92 Å². The molecule has 3 heteroatoms. The number of rotatable bonds is 9. The second-order valence-electron chi connectivity index (χ2n) is 8.09. The highest BCUT2D eigenvalue weighted by atomic mass is 17.2. The topological polar surface area (TPSA) is 35.5 Å². The molecular formula is C21H34O3. The van der Waals surface area contributed by atoms with Crippen molar-refractivity contribution in [3.63, 3.8) is 0 Å². The average molecular weight is 334 g/mol. The fourth-order valence-electron chi connectivity index (χ4n) is 2.84. The van der Waals surface area contributed by atoms with Crippen molar-refractivity contribution >= 4 is 5.97 Å². The van der Waals surface area contributed by atoms with E-state index in [-0.39, 0.29) is 17.3 Å². The zero-order valence-corrected chi connectivity index (χ0v) is 16.2. The minimum atomic E-state index is -0.501. The first-order chi connectivity index (χ1) is 11.2. The van der Waals surface area contributed by atoms with Crippen LogP contribution >= 0.6 is 0 Å². The Morgan fingerprint density at radius 1 is 1.00 bits per heavy atom. The van der Waals surface area contributed by atoms with Crippen molar-refractivity contribution in [3.8, 4) is 0 Å². The van der Waals surface area contributed by atoms with Gasteiger partial charge in [-0.25, -0.2) is 4.79 Å². The number of carbonyl (C=O) groups excluding carboxylic acids is 1. The Morgan fingerprint density at radius 3 is 2.17 bits per heavy atom. The third kappa shape index (κ3) is 6.64. The number of hydrogen-bond donors (Lipinski definition) is 0. The van der Waals surface area contributed by atoms with E-state index in [1.165, 1.54) is 12.8 Å². The Morgan fingerprint density at radius 2 is 1.62 bits per heavy atom. The molecule has 0 radical (unpaired) electrons. The van der Waals surface area contributed by atoms with Gasteiger partial charge in [0.15, 0.2) is 0 Å². The molecule has 0 amide bonds. The summed E-state index contributed by atoms with van der Waals surface area (Å²) in [5.74, 6) is -0.491. The van der Waals surface area contributed by atoms with Crippen LogP contribution in [-0.4, -0.2) is 11.6 Å². The van der Waals surface area contributed by atoms with Crippen LogP contribution in [0.25, 0.3) is 0 Å². The summed E-state index contributed by atoms with van der Waals surface area (Å²) in [5, 5.41) is 0. The van der Waals surface area contributed by atoms with Gasteiger partial charge in [-0.3, -0.25) is 4.89 Å². The molecule has 0 saturated carbocycles. The normalized spacial score (nSPS) is 13.6. The van der Waals surface area contributed by atoms with Gasteiger partial charge in [0.1, 0.15) is 5.60 Å². The van der Waals surface area contributed by atoms with Crippen molar-refractivity contribution < 1.29 is 14.6 Å². The summed E-state index contributed by atoms with van der Waals surface area (Å²) >= 11 is 0. The standard InChI is InChI=1S/C21H34O3/c1-7-8-9-13-16-18(19(22)23-24-20(2,3)4)21(5,6)17-14-11-10-12-15-17/h10-12,14-15,18H,7-9,13,16H2,1-6H3. The zero-order valence-electron chi connectivity index (χ0n) is 16.2. The zero-order chi connectivity index (χ0) is 18.2. The van der Waals surface area contributed by atoms with E-state index in [9.17, 15) is 4.79 Å². The number of hydrogen-bond acceptors (Lipinski definition) is 3. The van der Waals surface area contributed by atoms with E-state index in [0.717, 1.165) is 24.8 Å². The van der Waals surface area contributed by atoms with Crippen LogP contribution in [0, 0.1) is 5.92 Å². The summed E-state index contributed by atoms with van der Waals surface area (Å²) in [6.07, 6.45) is 5.37. The van der Waals surface area contributed by atoms with Crippen LogP contribution in [0.5, 0.6) is 0 Å². The maximum Gasteiger partial charge on any atom is 0.346 e. The van der Waals surface area contributed by atoms with Crippen molar-refractivity contribution in [2.75, 3.05) is 0 Å². The first-order valence-electron chi connectivity index (χ1n) is 9.13. The monoisotopic (exact) mass is 334 g/mol. The molecule has 0 aliphatic rings. The number of carbonyl (C=O) groups is 1. The molecule has 0 saturated heterocycles. The van der Waals surface area contributed by atoms with Gasteiger partial charge in [-0.1, -0.05) is 76.8 Å². The van der Waals surface area contributed by atoms with E-state index in [1.54, 1.807) is 0 Å². The average Bonchev–Trinajstić information content (AvgIpc) is 2.52. The lowest BCUT2D eigenvalue weighted by molar-refractivity contribution is -0.324. The summed E-state index contributed by atoms with van der Waals surface area (Å²) < 4.78 is 0. The lowest BCUT2D eigenvalue weighted by Gasteiger charge is -2.33. The largest absolute Gasteiger partial charge is 0.346 e. The van der Waals surface area contributed by atoms with Gasteiger partial charge in [-0.2, -0.15) is 4.89 Å². The summed E-state index contributed by atoms with van der Waals surface area (Å²) in [6, 6.07) is 10.2. The van der Waals surface area contributed by atoms with Gasteiger partial charge >= 0.3 is 5.97 Å². The van der Waals surface area contributed by atoms with Crippen molar-refractivity contribution in [1.82, 2.24) is 0 Å². The number of unbranched alkanes of at least 4 members (excludes halogenated alkanes) is 3. The van der Waals surface area contributed by atoms with Crippen LogP contribution in [0.2, 0.25) is 0 Å². The Kier molecular flexibility index (Phi) is 7.95. The third-order valence-electron chi connectivity index (χ3n) is 4.39. The second-order valence-corrected chi connectivity index (χ2v) is 8.09. The Hall–Kier alpha value is -1.35. The van der Waals surface area contributed by atoms with E-state index in [1.807, 2.05) is 39.0 Å². The summed E-state index contributed by atoms with van der Waals surface area (Å²) in [7, 11) is 0. The van der Waals surface area contributed by atoms with Crippen molar-refractivity contribution in [2.24, 2.45) is 5.92 Å². The van der Waals surface area contributed by atoms with Gasteiger partial charge < -0.3 is 0 Å². The molecule has 0 N–H and O–H groups in total. The summed E-state index contributed by atoms with van der Waals surface area (Å²) in [6.45, 7) is 12.0. The maximum atomic E-state index is 12.7. The Balaban J connectivity index is 2.89. The second kappa shape index (κ2) is 9.22. The molecule has 136 valence electrons. The van der Waals surface area contributed by atoms with Crippen LogP contribution < -0.4 is 0 Å². The highest BCUT2D eigenvalue weighted by Crippen LogP contribution is 2.36. The molecule has 3 nitrogen and oxygen atoms in total. The smallest absolute Gasteiger partial charge is 0.297 e. The van der Waals surface area contributed by atoms with Crippen LogP contribution in [0.3, 0.4) is 0 Å². The van der Waals surface area contributed by atoms with Crippen molar-refractivity contribution in [2.45, 2.75) is 84.7 Å². The third-order valence-corrected chi connectivity index (χ3v) is 4.39. The van der Waals surface area contributed by atoms with E-state index in [0.29, 0.717) is 0 Å². The highest BCUT2D eigenvalue weighted by Gasteiger charge is 2.38. The van der Waals surface area contributed by atoms with E-state index < -0.39 is 5.60 Å². The predicted octanol–water partition coefficient (Wildman–Crippen LogP) is 5.82. The Labute approximate surface area is 147 Å². The van der Waals surface area contributed by atoms with E-state index >= 15 is 0 Å². The molecule has 1 aromatic carbocycles. The van der Waals surface area contributed by atoms with Crippen molar-refractivity contribution in [1.29, 1.82) is 0 Å². The van der Waals surface area contributed by atoms with Gasteiger partial charge in [0, 0.05) is 5.41 Å². The lowest BCUT2D eigenvalue weighted by Crippen LogP contribution is -2.37. The van der Waals surface area contributed by atoms with E-state index in [4.69, 9.17) is 9.78 Å². The van der Waals surface area contributed by atoms with E-state index in [2.05, 4.69) is 32.9 Å². The summed E-state index contributed by atoms with van der Waals surface area (Å²) in [4.78, 5) is 23.2. The van der Waals surface area contributed by atoms with Gasteiger partial charge in [-0.05, 0) is 32.8 Å². The molecule has 0 bridgehead atoms. The van der Waals surface area contributed by atoms with Crippen LogP contribution in [0.15, 0.2) is 30.3 Å². The molecule has 24 heavy (non-hydrogen) atoms. The minimum absolute atomic E-state index is 0.223. The van der Waals surface area contributed by atoms with Crippen molar-refractivity contribution in [3.05, 3.63) is 35.9 Å². The summed E-state index contributed by atoms with van der Waals surface area (Å²) in [5.41, 5.74) is 0.351. The molecule has 1 atom stereocenters. The molecule has 0 fully saturated rings. The van der Waals surface area contributed by atoms with Gasteiger partial charge in [0.25, 0.3) is 0 Å². The SMILES string of the molecule is CCCCCCC(C(=O)OOC(C)(C)C)C(C)(C)c1ccccc1. The quantitative estimate of drug-likeness (QED) is 0.324. The fourth-order valence-corrected chi connectivity index (χ4v) is 2.84. The van der Waals surface area contributed by atoms with Crippen LogP contribution in [0.1, 0.15) is 79.2 Å². The molecular weight excluding hydrogens is 300 g/mol. The number of benzene rings is 1. The van der Waals surface area contributed by atoms with Crippen LogP contribution in [0.4, 0.5) is 0 Å². The molecule has 0 aliphatic carbocycles. The predicted molar refractivity (Wildman–Crippen MR) is 98.6 cm³/mol. The molecule has 0 aliphatic heterocycles. The van der Waals surface area contributed by atoms with Crippen LogP contribution in [-0.2, 0) is 20.0 Å². The molecule has 0 aromatic heterocycles. The van der Waals surface area contributed by atoms with Gasteiger partial charge in [0.2, 0.25) is 0 Å². The Bertz CT molecular complexity index is 486. The highest BCUT2D eigenvalue weighted by molar-refractivity contribution is 5.74. The molecule has 1 rings (SSSR count). The first-order valence-corrected chi connectivity index (χ1v) is 9.13. The maximum absolute atomic E-state index is 12.7. The molecule has 0 heterocycles. The first kappa shape index (κ1) is 20.7. The lowest BCUT2D eigenvalue weighted by atomic mass is 9.71. The molecule has 1 aromatic rings. The molecule has 0 spiro atoms.